The second-order valence-corrected chi connectivity index (χ2v) is 5.29. The van der Waals surface area contributed by atoms with E-state index in [4.69, 9.17) is 25.1 Å². The summed E-state index contributed by atoms with van der Waals surface area (Å²) in [6, 6.07) is 5.35. The van der Waals surface area contributed by atoms with Gasteiger partial charge in [0.05, 0.1) is 25.2 Å². The lowest BCUT2D eigenvalue weighted by atomic mass is 10.1. The Labute approximate surface area is 130 Å². The Morgan fingerprint density at radius 1 is 1.26 bits per heavy atom. The second-order valence-electron chi connectivity index (χ2n) is 5.29. The van der Waals surface area contributed by atoms with E-state index in [0.717, 1.165) is 6.07 Å². The van der Waals surface area contributed by atoms with E-state index >= 15 is 0 Å². The van der Waals surface area contributed by atoms with Gasteiger partial charge in [-0.1, -0.05) is 0 Å². The van der Waals surface area contributed by atoms with Gasteiger partial charge in [0.15, 0.2) is 0 Å². The van der Waals surface area contributed by atoms with Crippen molar-refractivity contribution in [2.45, 2.75) is 12.0 Å². The maximum atomic E-state index is 11.9. The molecule has 5 N–H and O–H groups in total. The average Bonchev–Trinajstić information content (AvgIpc) is 2.52. The summed E-state index contributed by atoms with van der Waals surface area (Å²) in [5.74, 6) is -0.749. The molecule has 1 aromatic carbocycles. The summed E-state index contributed by atoms with van der Waals surface area (Å²) in [4.78, 5) is 23.4. The van der Waals surface area contributed by atoms with Gasteiger partial charge in [-0.3, -0.25) is 4.79 Å². The number of aliphatic hydroxyl groups is 2. The normalized spacial score (nSPS) is 11.6. The van der Waals surface area contributed by atoms with E-state index < -0.39 is 30.3 Å². The van der Waals surface area contributed by atoms with Crippen molar-refractivity contribution in [2.24, 2.45) is 5.73 Å². The number of carbonyl (C=O) groups excluding carboxylic acids is 1. The van der Waals surface area contributed by atoms with Crippen LogP contribution >= 0.6 is 0 Å². The molecule has 23 heavy (non-hydrogen) atoms. The van der Waals surface area contributed by atoms with Crippen LogP contribution in [0.3, 0.4) is 0 Å². The highest BCUT2D eigenvalue weighted by atomic mass is 16.5. The largest absolute Gasteiger partial charge is 0.508 e. The summed E-state index contributed by atoms with van der Waals surface area (Å²) in [6.07, 6.45) is -0.222. The van der Waals surface area contributed by atoms with Gasteiger partial charge in [-0.2, -0.15) is 0 Å². The van der Waals surface area contributed by atoms with Crippen LogP contribution in [0.15, 0.2) is 33.5 Å². The molecule has 0 unspecified atom stereocenters. The summed E-state index contributed by atoms with van der Waals surface area (Å²) in [7, 11) is 0. The number of phenolic OH excluding ortho intramolecular Hbond substituents is 1. The number of fused-ring (bicyclic) bond motifs is 1. The van der Waals surface area contributed by atoms with Crippen molar-refractivity contribution < 1.29 is 29.3 Å². The molecule has 2 aromatic rings. The molecule has 0 saturated carbocycles. The number of hydrogen-bond acceptors (Lipinski definition) is 8. The Bertz CT molecular complexity index is 764. The molecule has 8 heteroatoms. The molecule has 1 aromatic heterocycles. The zero-order valence-corrected chi connectivity index (χ0v) is 12.2. The minimum atomic E-state index is -1.42. The SMILES string of the molecule is NC(CO)(CO)COC(=O)Cc1cc(=O)oc2cc(O)ccc12. The van der Waals surface area contributed by atoms with Gasteiger partial charge in [0, 0.05) is 17.5 Å². The fourth-order valence-corrected chi connectivity index (χ4v) is 1.94. The van der Waals surface area contributed by atoms with E-state index in [0.29, 0.717) is 10.9 Å². The van der Waals surface area contributed by atoms with Crippen LogP contribution < -0.4 is 11.4 Å². The van der Waals surface area contributed by atoms with E-state index in [9.17, 15) is 14.7 Å². The number of aliphatic hydroxyl groups excluding tert-OH is 2. The first-order chi connectivity index (χ1) is 10.9. The van der Waals surface area contributed by atoms with Crippen molar-refractivity contribution >= 4 is 16.9 Å². The van der Waals surface area contributed by atoms with Gasteiger partial charge in [-0.15, -0.1) is 0 Å². The highest BCUT2D eigenvalue weighted by Gasteiger charge is 2.25. The molecule has 0 saturated heterocycles. The summed E-state index contributed by atoms with van der Waals surface area (Å²) >= 11 is 0. The third kappa shape index (κ3) is 4.07. The van der Waals surface area contributed by atoms with Gasteiger partial charge < -0.3 is 30.2 Å². The van der Waals surface area contributed by atoms with E-state index in [1.54, 1.807) is 0 Å². The fraction of sp³-hybridized carbons (Fsp3) is 0.333. The Morgan fingerprint density at radius 2 is 1.96 bits per heavy atom. The lowest BCUT2D eigenvalue weighted by Gasteiger charge is -2.23. The molecule has 124 valence electrons. The molecule has 0 aliphatic carbocycles. The van der Waals surface area contributed by atoms with Gasteiger partial charge in [-0.25, -0.2) is 4.79 Å². The Kier molecular flexibility index (Phi) is 4.99. The van der Waals surface area contributed by atoms with Crippen LogP contribution in [0.1, 0.15) is 5.56 Å². The first-order valence-electron chi connectivity index (χ1n) is 6.79. The summed E-state index contributed by atoms with van der Waals surface area (Å²) in [6.45, 7) is -1.46. The van der Waals surface area contributed by atoms with Crippen molar-refractivity contribution in [2.75, 3.05) is 19.8 Å². The van der Waals surface area contributed by atoms with Gasteiger partial charge >= 0.3 is 11.6 Å². The predicted octanol–water partition coefficient (Wildman–Crippen LogP) is -0.734. The number of benzene rings is 1. The highest BCUT2D eigenvalue weighted by molar-refractivity contribution is 5.85. The van der Waals surface area contributed by atoms with Crippen molar-refractivity contribution in [1.29, 1.82) is 0 Å². The monoisotopic (exact) mass is 323 g/mol. The summed E-state index contributed by atoms with van der Waals surface area (Å²) in [5.41, 5.74) is 4.04. The quantitative estimate of drug-likeness (QED) is 0.402. The van der Waals surface area contributed by atoms with E-state index in [2.05, 4.69) is 0 Å². The number of phenols is 1. The zero-order valence-electron chi connectivity index (χ0n) is 12.2. The minimum absolute atomic E-state index is 0.0702. The molecular formula is C15H17NO7. The van der Waals surface area contributed by atoms with Crippen molar-refractivity contribution in [3.63, 3.8) is 0 Å². The van der Waals surface area contributed by atoms with Gasteiger partial charge in [0.2, 0.25) is 0 Å². The molecule has 0 amide bonds. The lowest BCUT2D eigenvalue weighted by molar-refractivity contribution is -0.145. The predicted molar refractivity (Wildman–Crippen MR) is 79.9 cm³/mol. The van der Waals surface area contributed by atoms with Gasteiger partial charge in [0.25, 0.3) is 0 Å². The fourth-order valence-electron chi connectivity index (χ4n) is 1.94. The smallest absolute Gasteiger partial charge is 0.336 e. The first kappa shape index (κ1) is 16.9. The first-order valence-corrected chi connectivity index (χ1v) is 6.79. The van der Waals surface area contributed by atoms with Crippen molar-refractivity contribution in [3.05, 3.63) is 40.2 Å². The number of hydrogen-bond donors (Lipinski definition) is 4. The third-order valence-electron chi connectivity index (χ3n) is 3.30. The molecule has 1 heterocycles. The number of nitrogens with two attached hydrogens (primary N) is 1. The van der Waals surface area contributed by atoms with Crippen LogP contribution in [0.2, 0.25) is 0 Å². The molecule has 0 bridgehead atoms. The number of aromatic hydroxyl groups is 1. The van der Waals surface area contributed by atoms with Gasteiger partial charge in [-0.05, 0) is 17.7 Å². The van der Waals surface area contributed by atoms with E-state index in [1.807, 2.05) is 0 Å². The molecule has 0 atom stereocenters. The van der Waals surface area contributed by atoms with Crippen LogP contribution in [0.25, 0.3) is 11.0 Å². The molecular weight excluding hydrogens is 306 g/mol. The van der Waals surface area contributed by atoms with Crippen LogP contribution in [0.4, 0.5) is 0 Å². The topological polar surface area (TPSA) is 143 Å². The van der Waals surface area contributed by atoms with Crippen molar-refractivity contribution in [1.82, 2.24) is 0 Å². The minimum Gasteiger partial charge on any atom is -0.508 e. The second kappa shape index (κ2) is 6.78. The highest BCUT2D eigenvalue weighted by Crippen LogP contribution is 2.22. The number of carbonyl (C=O) groups is 1. The van der Waals surface area contributed by atoms with Crippen LogP contribution in [-0.4, -0.2) is 46.6 Å². The standard InChI is InChI=1S/C15H17NO7/c16-15(6-17,7-18)8-22-13(20)3-9-4-14(21)23-12-5-10(19)1-2-11(9)12/h1-2,4-5,17-19H,3,6-8,16H2. The Hall–Kier alpha value is -2.42. The van der Waals surface area contributed by atoms with Gasteiger partial charge in [0.1, 0.15) is 17.9 Å². The zero-order chi connectivity index (χ0) is 17.0. The Balaban J connectivity index is 2.18. The molecule has 8 nitrogen and oxygen atoms in total. The number of ether oxygens (including phenoxy) is 1. The summed E-state index contributed by atoms with van der Waals surface area (Å²) < 4.78 is 9.90. The van der Waals surface area contributed by atoms with E-state index in [-0.39, 0.29) is 24.4 Å². The molecule has 0 fully saturated rings. The van der Waals surface area contributed by atoms with Crippen LogP contribution in [0, 0.1) is 0 Å². The van der Waals surface area contributed by atoms with E-state index in [1.165, 1.54) is 18.2 Å². The molecule has 0 aliphatic rings. The third-order valence-corrected chi connectivity index (χ3v) is 3.30. The average molecular weight is 323 g/mol. The maximum Gasteiger partial charge on any atom is 0.336 e. The number of rotatable bonds is 6. The Morgan fingerprint density at radius 3 is 2.61 bits per heavy atom. The van der Waals surface area contributed by atoms with Crippen LogP contribution in [0.5, 0.6) is 5.75 Å². The lowest BCUT2D eigenvalue weighted by Crippen LogP contribution is -2.51. The molecule has 0 aliphatic heterocycles. The van der Waals surface area contributed by atoms with Crippen LogP contribution in [-0.2, 0) is 16.0 Å². The van der Waals surface area contributed by atoms with Crippen molar-refractivity contribution in [3.8, 4) is 5.75 Å². The molecule has 2 rings (SSSR count). The molecule has 0 spiro atoms. The molecule has 0 radical (unpaired) electrons. The maximum absolute atomic E-state index is 11.9. The summed E-state index contributed by atoms with van der Waals surface area (Å²) in [5, 5.41) is 28.0. The number of esters is 1.